The zero-order valence-corrected chi connectivity index (χ0v) is 12.5. The van der Waals surface area contributed by atoms with Crippen LogP contribution in [0.1, 0.15) is 34.6 Å². The van der Waals surface area contributed by atoms with Crippen molar-refractivity contribution in [2.24, 2.45) is 5.92 Å². The lowest BCUT2D eigenvalue weighted by molar-refractivity contribution is -0.0535. The zero-order chi connectivity index (χ0) is 13.6. The first-order valence-electron chi connectivity index (χ1n) is 6.80. The Balaban J connectivity index is 2.02. The Labute approximate surface area is 112 Å². The van der Waals surface area contributed by atoms with Gasteiger partial charge in [0.15, 0.2) is 0 Å². The topological polar surface area (TPSA) is 21.7 Å². The fraction of sp³-hybridized carbons (Fsp3) is 0.867. The molecule has 0 bridgehead atoms. The molecule has 0 unspecified atom stereocenters. The van der Waals surface area contributed by atoms with Gasteiger partial charge in [0, 0.05) is 19.0 Å². The summed E-state index contributed by atoms with van der Waals surface area (Å²) in [7, 11) is 0. The molecule has 3 heteroatoms. The van der Waals surface area contributed by atoms with Gasteiger partial charge in [0.1, 0.15) is 6.61 Å². The second-order valence-corrected chi connectivity index (χ2v) is 6.20. The first-order valence-corrected chi connectivity index (χ1v) is 6.80. The number of likely N-dealkylation sites (tertiary alicyclic amines) is 1. The van der Waals surface area contributed by atoms with E-state index in [-0.39, 0.29) is 11.7 Å². The SMILES string of the molecule is CC(C)OCC#CCN1CC(COC(C)(C)C)C1. The van der Waals surface area contributed by atoms with Crippen molar-refractivity contribution in [3.8, 4) is 11.8 Å². The third-order valence-electron chi connectivity index (χ3n) is 2.70. The van der Waals surface area contributed by atoms with Crippen molar-refractivity contribution in [3.05, 3.63) is 0 Å². The minimum absolute atomic E-state index is 0.0194. The van der Waals surface area contributed by atoms with Crippen molar-refractivity contribution in [2.75, 3.05) is 32.8 Å². The number of hydrogen-bond donors (Lipinski definition) is 0. The van der Waals surface area contributed by atoms with Crippen LogP contribution in [0.2, 0.25) is 0 Å². The quantitative estimate of drug-likeness (QED) is 0.701. The molecule has 0 aliphatic carbocycles. The van der Waals surface area contributed by atoms with Crippen molar-refractivity contribution in [2.45, 2.75) is 46.3 Å². The van der Waals surface area contributed by atoms with E-state index in [0.717, 1.165) is 26.2 Å². The monoisotopic (exact) mass is 253 g/mol. The standard InChI is InChI=1S/C15H27NO2/c1-13(2)17-9-7-6-8-16-10-14(11-16)12-18-15(3,4)5/h13-14H,8-12H2,1-5H3. The summed E-state index contributed by atoms with van der Waals surface area (Å²) in [5.41, 5.74) is -0.0194. The fourth-order valence-electron chi connectivity index (χ4n) is 1.71. The maximum absolute atomic E-state index is 5.77. The van der Waals surface area contributed by atoms with Crippen LogP contribution in [-0.2, 0) is 9.47 Å². The smallest absolute Gasteiger partial charge is 0.108 e. The summed E-state index contributed by atoms with van der Waals surface area (Å²) in [6.07, 6.45) is 0.266. The molecule has 104 valence electrons. The Kier molecular flexibility index (Phi) is 6.14. The van der Waals surface area contributed by atoms with E-state index in [2.05, 4.69) is 37.5 Å². The highest BCUT2D eigenvalue weighted by Gasteiger charge is 2.27. The van der Waals surface area contributed by atoms with E-state index in [9.17, 15) is 0 Å². The Morgan fingerprint density at radius 2 is 1.89 bits per heavy atom. The number of ether oxygens (including phenoxy) is 2. The molecule has 0 radical (unpaired) electrons. The minimum atomic E-state index is -0.0194. The fourth-order valence-corrected chi connectivity index (χ4v) is 1.71. The Bertz CT molecular complexity index is 290. The van der Waals surface area contributed by atoms with E-state index in [1.165, 1.54) is 0 Å². The van der Waals surface area contributed by atoms with E-state index in [4.69, 9.17) is 9.47 Å². The van der Waals surface area contributed by atoms with Gasteiger partial charge < -0.3 is 9.47 Å². The maximum atomic E-state index is 5.77. The number of hydrogen-bond acceptors (Lipinski definition) is 3. The zero-order valence-electron chi connectivity index (χ0n) is 12.5. The van der Waals surface area contributed by atoms with Crippen LogP contribution in [0.3, 0.4) is 0 Å². The first-order chi connectivity index (χ1) is 8.37. The summed E-state index contributed by atoms with van der Waals surface area (Å²) in [6.45, 7) is 14.8. The van der Waals surface area contributed by atoms with Crippen molar-refractivity contribution in [3.63, 3.8) is 0 Å². The summed E-state index contributed by atoms with van der Waals surface area (Å²) in [6, 6.07) is 0. The lowest BCUT2D eigenvalue weighted by Gasteiger charge is -2.39. The van der Waals surface area contributed by atoms with Gasteiger partial charge in [-0.05, 0) is 34.6 Å². The summed E-state index contributed by atoms with van der Waals surface area (Å²) in [5.74, 6) is 6.87. The van der Waals surface area contributed by atoms with Crippen LogP contribution in [-0.4, -0.2) is 49.5 Å². The van der Waals surface area contributed by atoms with Gasteiger partial charge in [-0.15, -0.1) is 0 Å². The number of rotatable bonds is 5. The summed E-state index contributed by atoms with van der Waals surface area (Å²) in [4.78, 5) is 2.35. The molecule has 0 N–H and O–H groups in total. The van der Waals surface area contributed by atoms with Crippen LogP contribution in [0.4, 0.5) is 0 Å². The highest BCUT2D eigenvalue weighted by molar-refractivity contribution is 5.03. The molecule has 1 fully saturated rings. The average Bonchev–Trinajstić information content (AvgIpc) is 2.16. The van der Waals surface area contributed by atoms with E-state index >= 15 is 0 Å². The molecule has 0 saturated carbocycles. The third kappa shape index (κ3) is 7.00. The van der Waals surface area contributed by atoms with Crippen LogP contribution in [0.5, 0.6) is 0 Å². The van der Waals surface area contributed by atoms with Gasteiger partial charge in [0.2, 0.25) is 0 Å². The van der Waals surface area contributed by atoms with Gasteiger partial charge >= 0.3 is 0 Å². The van der Waals surface area contributed by atoms with Gasteiger partial charge in [-0.25, -0.2) is 0 Å². The predicted octanol–water partition coefficient (Wildman–Crippen LogP) is 2.16. The molecule has 0 atom stereocenters. The Morgan fingerprint density at radius 1 is 1.22 bits per heavy atom. The molecule has 1 aliphatic heterocycles. The molecule has 3 nitrogen and oxygen atoms in total. The molecule has 0 spiro atoms. The molecule has 1 rings (SSSR count). The Hall–Kier alpha value is -0.560. The van der Waals surface area contributed by atoms with E-state index in [1.807, 2.05) is 13.8 Å². The van der Waals surface area contributed by atoms with Gasteiger partial charge in [0.05, 0.1) is 24.9 Å². The first kappa shape index (κ1) is 15.5. The second kappa shape index (κ2) is 7.13. The van der Waals surface area contributed by atoms with Crippen molar-refractivity contribution in [1.29, 1.82) is 0 Å². The van der Waals surface area contributed by atoms with Crippen LogP contribution >= 0.6 is 0 Å². The normalized spacial score (nSPS) is 17.4. The molecular weight excluding hydrogens is 226 g/mol. The molecule has 18 heavy (non-hydrogen) atoms. The molecule has 1 aliphatic rings. The molecule has 0 aromatic rings. The number of nitrogens with zero attached hydrogens (tertiary/aromatic N) is 1. The van der Waals surface area contributed by atoms with E-state index in [0.29, 0.717) is 12.5 Å². The molecule has 0 aromatic carbocycles. The van der Waals surface area contributed by atoms with Crippen LogP contribution in [0, 0.1) is 17.8 Å². The molecule has 1 saturated heterocycles. The minimum Gasteiger partial charge on any atom is -0.375 e. The Morgan fingerprint density at radius 3 is 2.44 bits per heavy atom. The van der Waals surface area contributed by atoms with Crippen molar-refractivity contribution >= 4 is 0 Å². The lowest BCUT2D eigenvalue weighted by Crippen LogP contribution is -2.49. The maximum Gasteiger partial charge on any atom is 0.108 e. The van der Waals surface area contributed by atoms with Crippen molar-refractivity contribution in [1.82, 2.24) is 4.90 Å². The molecule has 0 amide bonds. The summed E-state index contributed by atoms with van der Waals surface area (Å²) >= 11 is 0. The largest absolute Gasteiger partial charge is 0.375 e. The van der Waals surface area contributed by atoms with E-state index in [1.54, 1.807) is 0 Å². The molecular formula is C15H27NO2. The van der Waals surface area contributed by atoms with E-state index < -0.39 is 0 Å². The van der Waals surface area contributed by atoms with Crippen LogP contribution in [0.15, 0.2) is 0 Å². The highest BCUT2D eigenvalue weighted by atomic mass is 16.5. The second-order valence-electron chi connectivity index (χ2n) is 6.20. The average molecular weight is 253 g/mol. The highest BCUT2D eigenvalue weighted by Crippen LogP contribution is 2.18. The molecule has 1 heterocycles. The van der Waals surface area contributed by atoms with Gasteiger partial charge in [-0.2, -0.15) is 0 Å². The van der Waals surface area contributed by atoms with Crippen LogP contribution < -0.4 is 0 Å². The molecule has 0 aromatic heterocycles. The summed E-state index contributed by atoms with van der Waals surface area (Å²) in [5, 5.41) is 0. The van der Waals surface area contributed by atoms with Gasteiger partial charge in [-0.1, -0.05) is 11.8 Å². The lowest BCUT2D eigenvalue weighted by atomic mass is 10.0. The summed E-state index contributed by atoms with van der Waals surface area (Å²) < 4.78 is 11.1. The van der Waals surface area contributed by atoms with Gasteiger partial charge in [-0.3, -0.25) is 4.90 Å². The third-order valence-corrected chi connectivity index (χ3v) is 2.70. The van der Waals surface area contributed by atoms with Crippen molar-refractivity contribution < 1.29 is 9.47 Å². The predicted molar refractivity (Wildman–Crippen MR) is 74.5 cm³/mol. The van der Waals surface area contributed by atoms with Gasteiger partial charge in [0.25, 0.3) is 0 Å². The van der Waals surface area contributed by atoms with Crippen LogP contribution in [0.25, 0.3) is 0 Å².